The maximum Gasteiger partial charge on any atom is 0.427 e. The zero-order valence-corrected chi connectivity index (χ0v) is 14.1. The normalized spacial score (nSPS) is 10.5. The van der Waals surface area contributed by atoms with Gasteiger partial charge in [0.15, 0.2) is 0 Å². The van der Waals surface area contributed by atoms with Crippen LogP contribution in [0.5, 0.6) is 0 Å². The van der Waals surface area contributed by atoms with Crippen molar-refractivity contribution in [3.05, 3.63) is 82.8 Å². The monoisotopic (exact) mass is 356 g/mol. The van der Waals surface area contributed by atoms with Gasteiger partial charge in [-0.3, -0.25) is 4.52 Å². The predicted molar refractivity (Wildman–Crippen MR) is 98.7 cm³/mol. The van der Waals surface area contributed by atoms with E-state index in [1.165, 1.54) is 10.9 Å². The lowest BCUT2D eigenvalue weighted by atomic mass is 9.98. The molecule has 2 heterocycles. The third-order valence-electron chi connectivity index (χ3n) is 4.16. The molecular weight excluding hydrogens is 342 g/mol. The first-order chi connectivity index (χ1) is 13.2. The number of nitrogens with one attached hydrogen (secondary N) is 1. The van der Waals surface area contributed by atoms with Gasteiger partial charge in [-0.15, -0.1) is 0 Å². The Morgan fingerprint density at radius 2 is 1.81 bits per heavy atom. The molecule has 0 fully saturated rings. The number of rotatable bonds is 3. The van der Waals surface area contributed by atoms with Crippen molar-refractivity contribution >= 4 is 5.82 Å². The van der Waals surface area contributed by atoms with Crippen LogP contribution in [0.2, 0.25) is 0 Å². The SMILES string of the molecule is N#Cc1c(-c2ccccc2)cc(-c2ccc(-[n+]3cc(=O)o[nH]3)cc2)nc1N. The van der Waals surface area contributed by atoms with Crippen LogP contribution in [-0.2, 0) is 0 Å². The number of nitriles is 1. The Morgan fingerprint density at radius 1 is 1.07 bits per heavy atom. The van der Waals surface area contributed by atoms with Gasteiger partial charge in [-0.2, -0.15) is 5.26 Å². The van der Waals surface area contributed by atoms with Gasteiger partial charge < -0.3 is 5.73 Å². The van der Waals surface area contributed by atoms with E-state index in [0.717, 1.165) is 22.4 Å². The summed E-state index contributed by atoms with van der Waals surface area (Å²) in [6.45, 7) is 0. The second-order valence-electron chi connectivity index (χ2n) is 5.85. The second-order valence-corrected chi connectivity index (χ2v) is 5.85. The summed E-state index contributed by atoms with van der Waals surface area (Å²) in [6.07, 6.45) is 1.31. The summed E-state index contributed by atoms with van der Waals surface area (Å²) < 4.78 is 6.14. The highest BCUT2D eigenvalue weighted by atomic mass is 16.5. The molecular formula is C20H14N5O2+. The molecule has 0 unspecified atom stereocenters. The minimum atomic E-state index is -0.465. The minimum absolute atomic E-state index is 0.187. The van der Waals surface area contributed by atoms with E-state index in [9.17, 15) is 10.1 Å². The standard InChI is InChI=1S/C20H13N5O2/c21-11-17-16(13-4-2-1-3-5-13)10-18(23-20(17)22)14-6-8-15(9-7-14)25-12-19(26)27-24-25/h1-10,12H,(H2-,22,23,24,26)/p+1. The zero-order valence-electron chi connectivity index (χ0n) is 14.1. The molecule has 0 radical (unpaired) electrons. The quantitative estimate of drug-likeness (QED) is 0.547. The van der Waals surface area contributed by atoms with Crippen LogP contribution in [0.4, 0.5) is 5.82 Å². The number of nitrogen functional groups attached to an aromatic ring is 1. The van der Waals surface area contributed by atoms with E-state index in [2.05, 4.69) is 20.8 Å². The number of aromatic nitrogens is 3. The number of nitrogens with two attached hydrogens (primary N) is 1. The molecule has 0 spiro atoms. The first-order valence-corrected chi connectivity index (χ1v) is 8.13. The van der Waals surface area contributed by atoms with Crippen LogP contribution in [0.1, 0.15) is 5.56 Å². The number of aromatic amines is 1. The Labute approximate surface area is 153 Å². The van der Waals surface area contributed by atoms with Crippen molar-refractivity contribution in [1.29, 1.82) is 5.26 Å². The summed E-state index contributed by atoms with van der Waals surface area (Å²) in [4.78, 5) is 15.5. The van der Waals surface area contributed by atoms with Gasteiger partial charge in [-0.05, 0) is 33.7 Å². The van der Waals surface area contributed by atoms with Crippen LogP contribution in [0.3, 0.4) is 0 Å². The fourth-order valence-electron chi connectivity index (χ4n) is 2.85. The number of nitrogens with zero attached hydrogens (tertiary/aromatic N) is 3. The van der Waals surface area contributed by atoms with Crippen molar-refractivity contribution in [3.63, 3.8) is 0 Å². The Bertz CT molecular complexity index is 1200. The Balaban J connectivity index is 1.79. The van der Waals surface area contributed by atoms with Crippen LogP contribution in [-0.4, -0.2) is 10.3 Å². The topological polar surface area (TPSA) is 113 Å². The molecule has 0 amide bonds. The van der Waals surface area contributed by atoms with Crippen LogP contribution >= 0.6 is 0 Å². The van der Waals surface area contributed by atoms with Crippen molar-refractivity contribution in [2.24, 2.45) is 0 Å². The Kier molecular flexibility index (Phi) is 3.99. The molecule has 7 nitrogen and oxygen atoms in total. The maximum absolute atomic E-state index is 11.2. The van der Waals surface area contributed by atoms with E-state index in [1.807, 2.05) is 60.7 Å². The number of benzene rings is 2. The van der Waals surface area contributed by atoms with Gasteiger partial charge in [0.05, 0.1) is 5.69 Å². The summed E-state index contributed by atoms with van der Waals surface area (Å²) in [5.41, 5.74) is 9.78. The Hall–Kier alpha value is -4.18. The third kappa shape index (κ3) is 3.07. The number of hydrogen-bond donors (Lipinski definition) is 2. The average molecular weight is 356 g/mol. The fraction of sp³-hybridized carbons (Fsp3) is 0. The van der Waals surface area contributed by atoms with Crippen LogP contribution in [0.15, 0.2) is 76.2 Å². The van der Waals surface area contributed by atoms with Gasteiger partial charge in [-0.1, -0.05) is 30.3 Å². The third-order valence-corrected chi connectivity index (χ3v) is 4.16. The largest absolute Gasteiger partial charge is 0.427 e. The van der Waals surface area contributed by atoms with Gasteiger partial charge in [0, 0.05) is 23.3 Å². The van der Waals surface area contributed by atoms with Crippen LogP contribution in [0, 0.1) is 11.3 Å². The maximum atomic E-state index is 11.2. The lowest BCUT2D eigenvalue weighted by molar-refractivity contribution is -0.670. The summed E-state index contributed by atoms with van der Waals surface area (Å²) in [6, 6.07) is 20.9. The molecule has 2 aromatic carbocycles. The molecule has 0 aliphatic carbocycles. The molecule has 0 bridgehead atoms. The molecule has 0 saturated heterocycles. The van der Waals surface area contributed by atoms with Crippen molar-refractivity contribution in [1.82, 2.24) is 10.3 Å². The molecule has 0 saturated carbocycles. The molecule has 0 atom stereocenters. The molecule has 130 valence electrons. The predicted octanol–water partition coefficient (Wildman–Crippen LogP) is 2.43. The lowest BCUT2D eigenvalue weighted by Crippen LogP contribution is -2.31. The first kappa shape index (κ1) is 16.3. The minimum Gasteiger partial charge on any atom is -0.383 e. The number of pyridine rings is 1. The van der Waals surface area contributed by atoms with Crippen LogP contribution < -0.4 is 16.0 Å². The highest BCUT2D eigenvalue weighted by molar-refractivity contribution is 5.80. The highest BCUT2D eigenvalue weighted by Crippen LogP contribution is 2.31. The van der Waals surface area contributed by atoms with E-state index in [0.29, 0.717) is 11.3 Å². The van der Waals surface area contributed by atoms with Crippen molar-refractivity contribution in [2.75, 3.05) is 5.73 Å². The molecule has 0 aliphatic heterocycles. The van der Waals surface area contributed by atoms with E-state index < -0.39 is 5.63 Å². The summed E-state index contributed by atoms with van der Waals surface area (Å²) in [5.74, 6) is 0.187. The zero-order chi connectivity index (χ0) is 18.8. The smallest absolute Gasteiger partial charge is 0.383 e. The summed E-state index contributed by atoms with van der Waals surface area (Å²) in [7, 11) is 0. The van der Waals surface area contributed by atoms with E-state index in [-0.39, 0.29) is 5.82 Å². The average Bonchev–Trinajstić information content (AvgIpc) is 3.14. The van der Waals surface area contributed by atoms with Crippen molar-refractivity contribution in [2.45, 2.75) is 0 Å². The van der Waals surface area contributed by atoms with Crippen LogP contribution in [0.25, 0.3) is 28.1 Å². The van der Waals surface area contributed by atoms with Gasteiger partial charge in [0.2, 0.25) is 5.69 Å². The molecule has 4 aromatic rings. The van der Waals surface area contributed by atoms with E-state index in [4.69, 9.17) is 5.73 Å². The Morgan fingerprint density at radius 3 is 2.44 bits per heavy atom. The fourth-order valence-corrected chi connectivity index (χ4v) is 2.85. The molecule has 2 aromatic heterocycles. The van der Waals surface area contributed by atoms with Gasteiger partial charge in [0.1, 0.15) is 17.5 Å². The molecule has 27 heavy (non-hydrogen) atoms. The van der Waals surface area contributed by atoms with Gasteiger partial charge >= 0.3 is 5.63 Å². The molecule has 7 heteroatoms. The van der Waals surface area contributed by atoms with Crippen molar-refractivity contribution < 1.29 is 9.20 Å². The number of hydrogen-bond acceptors (Lipinski definition) is 5. The highest BCUT2D eigenvalue weighted by Gasteiger charge is 2.15. The van der Waals surface area contributed by atoms with Gasteiger partial charge in [0.25, 0.3) is 6.20 Å². The van der Waals surface area contributed by atoms with Crippen molar-refractivity contribution in [3.8, 4) is 34.1 Å². The molecule has 3 N–H and O–H groups in total. The summed E-state index contributed by atoms with van der Waals surface area (Å²) in [5, 5.41) is 12.0. The number of anilines is 1. The summed E-state index contributed by atoms with van der Waals surface area (Å²) >= 11 is 0. The van der Waals surface area contributed by atoms with E-state index in [1.54, 1.807) is 0 Å². The first-order valence-electron chi connectivity index (χ1n) is 8.13. The molecule has 4 rings (SSSR count). The van der Waals surface area contributed by atoms with E-state index >= 15 is 0 Å². The lowest BCUT2D eigenvalue weighted by Gasteiger charge is -2.10. The molecule has 0 aliphatic rings. The number of H-pyrrole nitrogens is 1. The van der Waals surface area contributed by atoms with Gasteiger partial charge in [-0.25, -0.2) is 9.78 Å². The second kappa shape index (κ2) is 6.61.